The molecule has 7 rings (SSSR count). The van der Waals surface area contributed by atoms with Crippen molar-refractivity contribution in [2.24, 2.45) is 11.8 Å². The molecule has 3 aromatic carbocycles. The van der Waals surface area contributed by atoms with Crippen molar-refractivity contribution in [3.05, 3.63) is 89.0 Å². The molecule has 0 saturated carbocycles. The van der Waals surface area contributed by atoms with Crippen LogP contribution >= 0.6 is 23.2 Å². The van der Waals surface area contributed by atoms with Gasteiger partial charge in [0.15, 0.2) is 0 Å². The highest BCUT2D eigenvalue weighted by Gasteiger charge is 2.73. The largest absolute Gasteiger partial charge is 0.497 e. The lowest BCUT2D eigenvalue weighted by Gasteiger charge is -2.54. The van der Waals surface area contributed by atoms with Crippen molar-refractivity contribution >= 4 is 40.7 Å². The summed E-state index contributed by atoms with van der Waals surface area (Å²) >= 11 is 14.9. The topological polar surface area (TPSA) is 55.8 Å². The quantitative estimate of drug-likeness (QED) is 0.399. The number of carbonyl (C=O) groups is 2. The second-order valence-electron chi connectivity index (χ2n) is 8.52. The lowest BCUT2D eigenvalue weighted by molar-refractivity contribution is -0.122. The van der Waals surface area contributed by atoms with Gasteiger partial charge in [0.2, 0.25) is 11.8 Å². The summed E-state index contributed by atoms with van der Waals surface area (Å²) in [6.45, 7) is 0. The van der Waals surface area contributed by atoms with E-state index in [2.05, 4.69) is 0 Å². The van der Waals surface area contributed by atoms with Crippen molar-refractivity contribution in [1.29, 1.82) is 0 Å². The smallest absolute Gasteiger partial charge is 0.240 e. The van der Waals surface area contributed by atoms with Gasteiger partial charge in [0.1, 0.15) is 21.2 Å². The molecular weight excluding hydrogens is 461 g/mol. The number of hydrogen-bond donors (Lipinski definition) is 0. The van der Waals surface area contributed by atoms with Gasteiger partial charge >= 0.3 is 0 Å². The van der Waals surface area contributed by atoms with Crippen LogP contribution in [-0.2, 0) is 19.3 Å². The molecule has 1 heterocycles. The Morgan fingerprint density at radius 1 is 0.727 bits per heavy atom. The van der Waals surface area contributed by atoms with E-state index >= 15 is 0 Å². The van der Waals surface area contributed by atoms with E-state index in [1.807, 2.05) is 48.5 Å². The Kier molecular flexibility index (Phi) is 4.21. The number of anilines is 1. The maximum absolute atomic E-state index is 14.0. The molecule has 0 spiro atoms. The van der Waals surface area contributed by atoms with Gasteiger partial charge in [-0.3, -0.25) is 9.59 Å². The number of nitrogens with zero attached hydrogens (tertiary/aromatic N) is 1. The lowest BCUT2D eigenvalue weighted by atomic mass is 9.54. The molecule has 3 aromatic rings. The Bertz CT molecular complexity index is 1230. The third kappa shape index (κ3) is 2.29. The molecule has 166 valence electrons. The van der Waals surface area contributed by atoms with Crippen LogP contribution in [0.15, 0.2) is 66.7 Å². The second kappa shape index (κ2) is 6.75. The van der Waals surface area contributed by atoms with Crippen LogP contribution < -0.4 is 14.4 Å². The number of amides is 2. The number of halogens is 2. The number of rotatable bonds is 3. The second-order valence-corrected chi connectivity index (χ2v) is 9.71. The summed E-state index contributed by atoms with van der Waals surface area (Å²) in [7, 11) is 3.01. The van der Waals surface area contributed by atoms with E-state index in [0.717, 1.165) is 22.3 Å². The maximum atomic E-state index is 14.0. The Morgan fingerprint density at radius 3 is 1.58 bits per heavy atom. The molecular formula is C26H19Cl2NO4. The zero-order valence-electron chi connectivity index (χ0n) is 17.8. The predicted octanol–water partition coefficient (Wildman–Crippen LogP) is 4.80. The number of imide groups is 1. The average Bonchev–Trinajstić information content (AvgIpc) is 3.13. The number of alkyl halides is 2. The van der Waals surface area contributed by atoms with Crippen LogP contribution in [0.4, 0.5) is 5.69 Å². The third-order valence-electron chi connectivity index (χ3n) is 7.21. The van der Waals surface area contributed by atoms with Crippen LogP contribution in [0.1, 0.15) is 22.3 Å². The fourth-order valence-electron chi connectivity index (χ4n) is 5.88. The number of hydrogen-bond acceptors (Lipinski definition) is 4. The molecule has 0 N–H and O–H groups in total. The molecule has 7 heteroatoms. The number of carbonyl (C=O) groups excluding carboxylic acids is 2. The normalized spacial score (nSPS) is 28.9. The summed E-state index contributed by atoms with van der Waals surface area (Å²) in [5.41, 5.74) is 3.38. The van der Waals surface area contributed by atoms with Gasteiger partial charge in [0, 0.05) is 6.07 Å². The fourth-order valence-corrected chi connectivity index (χ4v) is 6.97. The first-order chi connectivity index (χ1) is 15.9. The van der Waals surface area contributed by atoms with Gasteiger partial charge in [-0.25, -0.2) is 4.90 Å². The van der Waals surface area contributed by atoms with Gasteiger partial charge in [-0.15, -0.1) is 23.2 Å². The number of methoxy groups -OCH3 is 2. The summed E-state index contributed by atoms with van der Waals surface area (Å²) in [6, 6.07) is 20.1. The fraction of sp³-hybridized carbons (Fsp3) is 0.231. The molecule has 0 unspecified atom stereocenters. The monoisotopic (exact) mass is 479 g/mol. The van der Waals surface area contributed by atoms with Crippen LogP contribution in [0.5, 0.6) is 11.5 Å². The first-order valence-corrected chi connectivity index (χ1v) is 11.3. The predicted molar refractivity (Wildman–Crippen MR) is 125 cm³/mol. The Hall–Kier alpha value is -3.02. The van der Waals surface area contributed by atoms with E-state index in [0.29, 0.717) is 17.2 Å². The zero-order chi connectivity index (χ0) is 23.1. The Morgan fingerprint density at radius 2 is 1.18 bits per heavy atom. The summed E-state index contributed by atoms with van der Waals surface area (Å²) in [4.78, 5) is 26.8. The Labute approximate surface area is 200 Å². The summed E-state index contributed by atoms with van der Waals surface area (Å²) in [6.07, 6.45) is 0. The molecule has 2 amide bonds. The summed E-state index contributed by atoms with van der Waals surface area (Å²) in [5, 5.41) is 0. The minimum absolute atomic E-state index is 0.314. The molecule has 4 aliphatic rings. The molecule has 1 saturated heterocycles. The van der Waals surface area contributed by atoms with Gasteiger partial charge < -0.3 is 9.47 Å². The van der Waals surface area contributed by atoms with E-state index in [9.17, 15) is 9.59 Å². The van der Waals surface area contributed by atoms with Crippen molar-refractivity contribution in [2.45, 2.75) is 9.75 Å². The molecule has 0 radical (unpaired) electrons. The molecule has 3 aliphatic carbocycles. The number of benzene rings is 3. The van der Waals surface area contributed by atoms with Crippen molar-refractivity contribution in [3.63, 3.8) is 0 Å². The van der Waals surface area contributed by atoms with Gasteiger partial charge in [-0.2, -0.15) is 0 Å². The van der Waals surface area contributed by atoms with Crippen LogP contribution in [0, 0.1) is 11.8 Å². The first kappa shape index (κ1) is 20.6. The lowest BCUT2D eigenvalue weighted by Crippen LogP contribution is -2.57. The minimum Gasteiger partial charge on any atom is -0.497 e. The van der Waals surface area contributed by atoms with E-state index in [4.69, 9.17) is 32.7 Å². The molecule has 1 fully saturated rings. The third-order valence-corrected chi connectivity index (χ3v) is 8.50. The van der Waals surface area contributed by atoms with Gasteiger partial charge in [0.25, 0.3) is 0 Å². The summed E-state index contributed by atoms with van der Waals surface area (Å²) < 4.78 is 10.8. The average molecular weight is 480 g/mol. The number of ether oxygens (including phenoxy) is 2. The van der Waals surface area contributed by atoms with Gasteiger partial charge in [-0.05, 0) is 34.4 Å². The molecule has 0 aromatic heterocycles. The molecule has 1 aliphatic heterocycles. The Balaban J connectivity index is 1.64. The van der Waals surface area contributed by atoms with Crippen molar-refractivity contribution in [3.8, 4) is 11.5 Å². The van der Waals surface area contributed by atoms with E-state index in [-0.39, 0.29) is 0 Å². The standard InChI is InChI=1S/C26H19Cl2NO4/c1-32-14-11-12-20(33-2)19(13-14)29-23(30)21-22(24(29)31)26(28)16-8-4-3-7-15(16)25(21,27)17-9-5-6-10-18(17)26/h3-13,21-22H,1-2H3/t21-,22-,25?,26?/m1/s1. The SMILES string of the molecule is COc1ccc(OC)c(N2C(=O)[C@H]3[C@H](C2=O)C2(Cl)c4ccccc4C3(Cl)c3ccccc32)c1. The van der Waals surface area contributed by atoms with E-state index in [1.165, 1.54) is 19.1 Å². The maximum Gasteiger partial charge on any atom is 0.240 e. The molecule has 2 atom stereocenters. The minimum atomic E-state index is -1.22. The molecule has 2 bridgehead atoms. The van der Waals surface area contributed by atoms with Crippen LogP contribution in [0.2, 0.25) is 0 Å². The van der Waals surface area contributed by atoms with Crippen molar-refractivity contribution < 1.29 is 19.1 Å². The highest BCUT2D eigenvalue weighted by Crippen LogP contribution is 2.69. The van der Waals surface area contributed by atoms with Gasteiger partial charge in [0.05, 0.1) is 31.7 Å². The van der Waals surface area contributed by atoms with Crippen molar-refractivity contribution in [1.82, 2.24) is 0 Å². The molecule has 33 heavy (non-hydrogen) atoms. The van der Waals surface area contributed by atoms with Crippen LogP contribution in [0.3, 0.4) is 0 Å². The summed E-state index contributed by atoms with van der Waals surface area (Å²) in [5.74, 6) is -1.67. The van der Waals surface area contributed by atoms with Gasteiger partial charge in [-0.1, -0.05) is 48.5 Å². The van der Waals surface area contributed by atoms with Crippen LogP contribution in [0.25, 0.3) is 0 Å². The van der Waals surface area contributed by atoms with E-state index < -0.39 is 33.4 Å². The molecule has 5 nitrogen and oxygen atoms in total. The van der Waals surface area contributed by atoms with Crippen LogP contribution in [-0.4, -0.2) is 26.0 Å². The first-order valence-electron chi connectivity index (χ1n) is 10.6. The highest BCUT2D eigenvalue weighted by atomic mass is 35.5. The highest BCUT2D eigenvalue weighted by molar-refractivity contribution is 6.38. The van der Waals surface area contributed by atoms with Crippen molar-refractivity contribution in [2.75, 3.05) is 19.1 Å². The zero-order valence-corrected chi connectivity index (χ0v) is 19.4. The van der Waals surface area contributed by atoms with E-state index in [1.54, 1.807) is 18.2 Å².